The van der Waals surface area contributed by atoms with Crippen LogP contribution in [-0.4, -0.2) is 66.0 Å². The zero-order valence-corrected chi connectivity index (χ0v) is 25.3. The first kappa shape index (κ1) is 32.8. The summed E-state index contributed by atoms with van der Waals surface area (Å²) in [7, 11) is 3.75. The lowest BCUT2D eigenvalue weighted by molar-refractivity contribution is -0.134. The first-order valence-corrected chi connectivity index (χ1v) is 15.0. The summed E-state index contributed by atoms with van der Waals surface area (Å²) in [5.74, 6) is -0.101. The highest BCUT2D eigenvalue weighted by atomic mass is 32.1. The smallest absolute Gasteiger partial charge is 0.328 e. The Morgan fingerprint density at radius 3 is 2.40 bits per heavy atom. The van der Waals surface area contributed by atoms with Gasteiger partial charge < -0.3 is 24.8 Å². The maximum absolute atomic E-state index is 9.55. The summed E-state index contributed by atoms with van der Waals surface area (Å²) in [4.78, 5) is 22.4. The summed E-state index contributed by atoms with van der Waals surface area (Å²) < 4.78 is 11.7. The van der Waals surface area contributed by atoms with Crippen molar-refractivity contribution in [2.75, 3.05) is 33.8 Å². The van der Waals surface area contributed by atoms with Crippen LogP contribution in [0.1, 0.15) is 53.8 Å². The predicted molar refractivity (Wildman–Crippen MR) is 162 cm³/mol. The molecule has 1 saturated carbocycles. The van der Waals surface area contributed by atoms with Crippen LogP contribution in [0.25, 0.3) is 11.0 Å². The van der Waals surface area contributed by atoms with E-state index in [4.69, 9.17) is 24.7 Å². The highest BCUT2D eigenvalue weighted by molar-refractivity contribution is 7.10. The molecule has 0 spiro atoms. The number of rotatable bonds is 10. The van der Waals surface area contributed by atoms with Crippen molar-refractivity contribution in [3.05, 3.63) is 57.4 Å². The highest BCUT2D eigenvalue weighted by Crippen LogP contribution is 2.34. The number of nitrogens with zero attached hydrogens (tertiary/aromatic N) is 3. The van der Waals surface area contributed by atoms with Gasteiger partial charge in [-0.15, -0.1) is 11.3 Å². The Kier molecular flexibility index (Phi) is 13.0. The molecule has 1 aromatic carbocycles. The quantitative estimate of drug-likeness (QED) is 0.265. The summed E-state index contributed by atoms with van der Waals surface area (Å²) >= 11 is 1.54. The van der Waals surface area contributed by atoms with Crippen molar-refractivity contribution < 1.29 is 29.1 Å². The molecule has 11 heteroatoms. The SMILES string of the molecule is CNC.Cc1c(OCC2CC2)ccc2c(CCC3CCN(Cc4csc(C#N)c4)CC3)noc12.O=C(O)C=CC(=O)O. The average molecular weight is 597 g/mol. The van der Waals surface area contributed by atoms with E-state index in [-0.39, 0.29) is 0 Å². The van der Waals surface area contributed by atoms with E-state index in [0.717, 1.165) is 83.8 Å². The summed E-state index contributed by atoms with van der Waals surface area (Å²) in [5.41, 5.74) is 4.30. The van der Waals surface area contributed by atoms with E-state index in [1.165, 1.54) is 31.2 Å². The zero-order chi connectivity index (χ0) is 30.5. The number of nitriles is 1. The largest absolute Gasteiger partial charge is 0.493 e. The van der Waals surface area contributed by atoms with Gasteiger partial charge in [-0.05, 0) is 114 Å². The summed E-state index contributed by atoms with van der Waals surface area (Å²) in [6.07, 6.45) is 8.28. The normalized spacial score (nSPS) is 15.4. The Morgan fingerprint density at radius 1 is 1.17 bits per heavy atom. The van der Waals surface area contributed by atoms with Crippen molar-refractivity contribution in [2.24, 2.45) is 11.8 Å². The van der Waals surface area contributed by atoms with Gasteiger partial charge >= 0.3 is 11.9 Å². The number of ether oxygens (including phenoxy) is 1. The molecule has 0 unspecified atom stereocenters. The maximum atomic E-state index is 9.55. The zero-order valence-electron chi connectivity index (χ0n) is 24.5. The minimum Gasteiger partial charge on any atom is -0.493 e. The van der Waals surface area contributed by atoms with Gasteiger partial charge in [-0.3, -0.25) is 4.90 Å². The molecule has 2 aromatic heterocycles. The van der Waals surface area contributed by atoms with E-state index in [0.29, 0.717) is 12.2 Å². The first-order chi connectivity index (χ1) is 20.2. The van der Waals surface area contributed by atoms with Gasteiger partial charge in [0.1, 0.15) is 16.7 Å². The molecule has 10 nitrogen and oxygen atoms in total. The highest BCUT2D eigenvalue weighted by Gasteiger charge is 2.24. The van der Waals surface area contributed by atoms with Crippen molar-refractivity contribution in [2.45, 2.75) is 52.0 Å². The Bertz CT molecular complexity index is 1360. The van der Waals surface area contributed by atoms with E-state index >= 15 is 0 Å². The van der Waals surface area contributed by atoms with Gasteiger partial charge in [0.05, 0.1) is 12.3 Å². The molecule has 1 aliphatic heterocycles. The van der Waals surface area contributed by atoms with Gasteiger partial charge in [-0.2, -0.15) is 5.26 Å². The molecule has 2 fully saturated rings. The van der Waals surface area contributed by atoms with Gasteiger partial charge in [-0.25, -0.2) is 9.59 Å². The molecule has 0 bridgehead atoms. The van der Waals surface area contributed by atoms with Crippen LogP contribution < -0.4 is 10.1 Å². The number of nitrogens with one attached hydrogen (secondary N) is 1. The lowest BCUT2D eigenvalue weighted by Crippen LogP contribution is -2.33. The van der Waals surface area contributed by atoms with Gasteiger partial charge in [0.25, 0.3) is 0 Å². The lowest BCUT2D eigenvalue weighted by atomic mass is 9.91. The van der Waals surface area contributed by atoms with E-state index in [1.807, 2.05) is 20.2 Å². The summed E-state index contributed by atoms with van der Waals surface area (Å²) in [6, 6.07) is 8.46. The number of hydrogen-bond acceptors (Lipinski definition) is 9. The molecule has 0 atom stereocenters. The van der Waals surface area contributed by atoms with Crippen LogP contribution in [0.15, 0.2) is 40.3 Å². The summed E-state index contributed by atoms with van der Waals surface area (Å²) in [6.45, 7) is 6.11. The second-order valence-corrected chi connectivity index (χ2v) is 11.6. The van der Waals surface area contributed by atoms with Crippen LogP contribution in [0.3, 0.4) is 0 Å². The van der Waals surface area contributed by atoms with Crippen molar-refractivity contribution in [3.8, 4) is 11.8 Å². The molecule has 1 saturated heterocycles. The molecule has 1 aliphatic carbocycles. The molecular formula is C31H40N4O6S. The lowest BCUT2D eigenvalue weighted by Gasteiger charge is -2.31. The Hall–Kier alpha value is -3.72. The molecular weight excluding hydrogens is 556 g/mol. The predicted octanol–water partition coefficient (Wildman–Crippen LogP) is 5.25. The minimum atomic E-state index is -1.26. The number of aryl methyl sites for hydroxylation is 2. The van der Waals surface area contributed by atoms with Gasteiger partial charge in [0, 0.05) is 29.6 Å². The van der Waals surface area contributed by atoms with Gasteiger partial charge in [0.2, 0.25) is 0 Å². The van der Waals surface area contributed by atoms with Crippen molar-refractivity contribution >= 4 is 34.2 Å². The molecule has 2 aliphatic rings. The van der Waals surface area contributed by atoms with Crippen molar-refractivity contribution in [1.82, 2.24) is 15.4 Å². The number of fused-ring (bicyclic) bond motifs is 1. The molecule has 42 heavy (non-hydrogen) atoms. The minimum absolute atomic E-state index is 0.558. The topological polar surface area (TPSA) is 149 Å². The van der Waals surface area contributed by atoms with Crippen LogP contribution in [0.5, 0.6) is 5.75 Å². The van der Waals surface area contributed by atoms with E-state index in [1.54, 1.807) is 11.3 Å². The number of thiophene rings is 1. The van der Waals surface area contributed by atoms with Crippen molar-refractivity contribution in [1.29, 1.82) is 5.26 Å². The number of hydrogen-bond donors (Lipinski definition) is 3. The molecule has 226 valence electrons. The Labute approximate surface area is 250 Å². The first-order valence-electron chi connectivity index (χ1n) is 14.2. The van der Waals surface area contributed by atoms with E-state index in [9.17, 15) is 9.59 Å². The number of aromatic nitrogens is 1. The number of benzene rings is 1. The number of carboxylic acid groups (broad SMARTS) is 2. The summed E-state index contributed by atoms with van der Waals surface area (Å²) in [5, 5.41) is 35.0. The Balaban J connectivity index is 0.000000378. The third-order valence-corrected chi connectivity index (χ3v) is 8.00. The molecule has 3 aromatic rings. The molecule has 3 N–H and O–H groups in total. The molecule has 0 amide bonds. The number of piperidine rings is 1. The van der Waals surface area contributed by atoms with Crippen LogP contribution in [0.2, 0.25) is 0 Å². The van der Waals surface area contributed by atoms with Gasteiger partial charge in [0.15, 0.2) is 5.58 Å². The van der Waals surface area contributed by atoms with Crippen molar-refractivity contribution in [3.63, 3.8) is 0 Å². The number of likely N-dealkylation sites (tertiary alicyclic amines) is 1. The molecule has 0 radical (unpaired) electrons. The van der Waals surface area contributed by atoms with E-state index in [2.05, 4.69) is 45.9 Å². The standard InChI is InChI=1S/C25H29N3O2S.C4H4O4.C2H7N/c1-17-24(29-15-19-2-3-19)7-5-22-23(27-30-25(17)22)6-4-18-8-10-28(11-9-18)14-20-12-21(13-26)31-16-20;5-3(6)1-2-4(7)8;1-3-2/h5,7,12,16,18-19H,2-4,6,8-11,14-15H2,1H3;1-2H,(H,5,6)(H,7,8);3H,1-2H3. The maximum Gasteiger partial charge on any atom is 0.328 e. The van der Waals surface area contributed by atoms with Crippen LogP contribution >= 0.6 is 11.3 Å². The van der Waals surface area contributed by atoms with Crippen LogP contribution in [0, 0.1) is 30.1 Å². The Morgan fingerprint density at radius 2 is 1.83 bits per heavy atom. The fraction of sp³-hybridized carbons (Fsp3) is 0.484. The average Bonchev–Trinajstić information content (AvgIpc) is 3.53. The fourth-order valence-corrected chi connectivity index (χ4v) is 5.38. The third kappa shape index (κ3) is 10.6. The number of aliphatic carboxylic acids is 2. The monoisotopic (exact) mass is 596 g/mol. The molecule has 5 rings (SSSR count). The molecule has 3 heterocycles. The fourth-order valence-electron chi connectivity index (χ4n) is 4.69. The third-order valence-electron chi connectivity index (χ3n) is 7.12. The van der Waals surface area contributed by atoms with Crippen LogP contribution in [-0.2, 0) is 22.6 Å². The number of carbonyl (C=O) groups is 2. The van der Waals surface area contributed by atoms with Crippen LogP contribution in [0.4, 0.5) is 0 Å². The van der Waals surface area contributed by atoms with E-state index < -0.39 is 11.9 Å². The van der Waals surface area contributed by atoms with Gasteiger partial charge in [-0.1, -0.05) is 5.16 Å². The second-order valence-electron chi connectivity index (χ2n) is 10.6. The second kappa shape index (κ2) is 16.7. The number of carboxylic acids is 2.